The van der Waals surface area contributed by atoms with E-state index in [0.717, 1.165) is 25.9 Å². The zero-order valence-corrected chi connectivity index (χ0v) is 7.03. The molecule has 1 N–H and O–H groups in total. The van der Waals surface area contributed by atoms with Crippen molar-refractivity contribution >= 4 is 0 Å². The standard InChI is InChI=1S/C8H16FNO/c1-11-8(2-5-9)3-6-10-7-4-8/h10H,2-7H2,1H3. The van der Waals surface area contributed by atoms with Crippen molar-refractivity contribution in [3.63, 3.8) is 0 Å². The summed E-state index contributed by atoms with van der Waals surface area (Å²) >= 11 is 0. The summed E-state index contributed by atoms with van der Waals surface area (Å²) in [6, 6.07) is 0. The SMILES string of the molecule is COC1(CCF)CCNCC1. The highest BCUT2D eigenvalue weighted by Crippen LogP contribution is 2.25. The fourth-order valence-corrected chi connectivity index (χ4v) is 1.61. The average Bonchev–Trinajstić information content (AvgIpc) is 2.07. The van der Waals surface area contributed by atoms with Gasteiger partial charge in [-0.05, 0) is 25.9 Å². The molecule has 66 valence electrons. The Morgan fingerprint density at radius 1 is 1.45 bits per heavy atom. The maximum atomic E-state index is 12.1. The van der Waals surface area contributed by atoms with Gasteiger partial charge in [0.15, 0.2) is 0 Å². The predicted octanol–water partition coefficient (Wildman–Crippen LogP) is 1.11. The first-order chi connectivity index (χ1) is 5.33. The maximum Gasteiger partial charge on any atom is 0.0921 e. The first kappa shape index (κ1) is 8.94. The first-order valence-electron chi connectivity index (χ1n) is 4.15. The molecule has 0 radical (unpaired) electrons. The van der Waals surface area contributed by atoms with E-state index in [1.807, 2.05) is 0 Å². The fourth-order valence-electron chi connectivity index (χ4n) is 1.61. The van der Waals surface area contributed by atoms with Gasteiger partial charge in [0, 0.05) is 13.5 Å². The number of halogens is 1. The molecule has 0 bridgehead atoms. The van der Waals surface area contributed by atoms with Crippen molar-refractivity contribution in [2.75, 3.05) is 26.9 Å². The lowest BCUT2D eigenvalue weighted by Crippen LogP contribution is -2.43. The minimum absolute atomic E-state index is 0.167. The lowest BCUT2D eigenvalue weighted by molar-refractivity contribution is -0.0439. The molecule has 11 heavy (non-hydrogen) atoms. The molecule has 1 saturated heterocycles. The van der Waals surface area contributed by atoms with Gasteiger partial charge in [0.05, 0.1) is 12.3 Å². The number of piperidine rings is 1. The molecule has 0 spiro atoms. The van der Waals surface area contributed by atoms with E-state index in [4.69, 9.17) is 4.74 Å². The Bertz CT molecular complexity index is 107. The molecular formula is C8H16FNO. The van der Waals surface area contributed by atoms with Gasteiger partial charge < -0.3 is 10.1 Å². The molecule has 0 aromatic carbocycles. The maximum absolute atomic E-state index is 12.1. The zero-order valence-electron chi connectivity index (χ0n) is 7.03. The van der Waals surface area contributed by atoms with Gasteiger partial charge in [-0.2, -0.15) is 0 Å². The van der Waals surface area contributed by atoms with E-state index in [0.29, 0.717) is 6.42 Å². The molecule has 1 aliphatic heterocycles. The van der Waals surface area contributed by atoms with Crippen molar-refractivity contribution in [2.24, 2.45) is 0 Å². The summed E-state index contributed by atoms with van der Waals surface area (Å²) in [4.78, 5) is 0. The molecule has 0 unspecified atom stereocenters. The Labute approximate surface area is 67.1 Å². The molecule has 2 nitrogen and oxygen atoms in total. The molecule has 0 atom stereocenters. The summed E-state index contributed by atoms with van der Waals surface area (Å²) in [7, 11) is 1.68. The van der Waals surface area contributed by atoms with Crippen LogP contribution in [-0.4, -0.2) is 32.5 Å². The topological polar surface area (TPSA) is 21.3 Å². The van der Waals surface area contributed by atoms with Gasteiger partial charge in [-0.3, -0.25) is 4.39 Å². The highest BCUT2D eigenvalue weighted by molar-refractivity contribution is 4.85. The second-order valence-electron chi connectivity index (χ2n) is 3.08. The monoisotopic (exact) mass is 161 g/mol. The van der Waals surface area contributed by atoms with Gasteiger partial charge in [0.1, 0.15) is 0 Å². The predicted molar refractivity (Wildman–Crippen MR) is 42.4 cm³/mol. The van der Waals surface area contributed by atoms with E-state index in [9.17, 15) is 4.39 Å². The largest absolute Gasteiger partial charge is 0.378 e. The van der Waals surface area contributed by atoms with Crippen LogP contribution in [0.25, 0.3) is 0 Å². The zero-order chi connectivity index (χ0) is 8.16. The summed E-state index contributed by atoms with van der Waals surface area (Å²) < 4.78 is 17.4. The first-order valence-corrected chi connectivity index (χ1v) is 4.15. The van der Waals surface area contributed by atoms with Crippen molar-refractivity contribution in [3.8, 4) is 0 Å². The van der Waals surface area contributed by atoms with E-state index in [1.54, 1.807) is 7.11 Å². The Hall–Kier alpha value is -0.150. The Morgan fingerprint density at radius 2 is 2.09 bits per heavy atom. The molecule has 0 aromatic heterocycles. The van der Waals surface area contributed by atoms with Gasteiger partial charge in [0.25, 0.3) is 0 Å². The number of ether oxygens (including phenoxy) is 1. The van der Waals surface area contributed by atoms with Crippen LogP contribution in [-0.2, 0) is 4.74 Å². The molecule has 3 heteroatoms. The van der Waals surface area contributed by atoms with Gasteiger partial charge in [0.2, 0.25) is 0 Å². The van der Waals surface area contributed by atoms with Crippen LogP contribution in [0.5, 0.6) is 0 Å². The summed E-state index contributed by atoms with van der Waals surface area (Å²) in [6.45, 7) is 1.63. The third-order valence-electron chi connectivity index (χ3n) is 2.50. The van der Waals surface area contributed by atoms with Crippen LogP contribution in [0.3, 0.4) is 0 Å². The number of rotatable bonds is 3. The fraction of sp³-hybridized carbons (Fsp3) is 1.00. The molecule has 0 aromatic rings. The molecular weight excluding hydrogens is 145 g/mol. The van der Waals surface area contributed by atoms with Gasteiger partial charge >= 0.3 is 0 Å². The van der Waals surface area contributed by atoms with Crippen molar-refractivity contribution < 1.29 is 9.13 Å². The van der Waals surface area contributed by atoms with Crippen molar-refractivity contribution in [1.29, 1.82) is 0 Å². The van der Waals surface area contributed by atoms with Crippen molar-refractivity contribution in [3.05, 3.63) is 0 Å². The Balaban J connectivity index is 2.42. The third kappa shape index (κ3) is 2.14. The van der Waals surface area contributed by atoms with Crippen LogP contribution < -0.4 is 5.32 Å². The minimum atomic E-state index is -0.270. The van der Waals surface area contributed by atoms with Crippen LogP contribution in [0.15, 0.2) is 0 Å². The minimum Gasteiger partial charge on any atom is -0.378 e. The highest BCUT2D eigenvalue weighted by atomic mass is 19.1. The van der Waals surface area contributed by atoms with E-state index in [2.05, 4.69) is 5.32 Å². The number of hydrogen-bond acceptors (Lipinski definition) is 2. The number of nitrogens with one attached hydrogen (secondary N) is 1. The molecule has 1 fully saturated rings. The van der Waals surface area contributed by atoms with E-state index in [1.165, 1.54) is 0 Å². The molecule has 1 heterocycles. The van der Waals surface area contributed by atoms with E-state index in [-0.39, 0.29) is 12.3 Å². The van der Waals surface area contributed by atoms with Crippen LogP contribution in [0.1, 0.15) is 19.3 Å². The van der Waals surface area contributed by atoms with Crippen LogP contribution in [0.4, 0.5) is 4.39 Å². The Kier molecular flexibility index (Phi) is 3.27. The quantitative estimate of drug-likeness (QED) is 0.669. The summed E-state index contributed by atoms with van der Waals surface area (Å²) in [5.41, 5.74) is -0.167. The van der Waals surface area contributed by atoms with E-state index >= 15 is 0 Å². The summed E-state index contributed by atoms with van der Waals surface area (Å²) in [6.07, 6.45) is 2.42. The van der Waals surface area contributed by atoms with Crippen molar-refractivity contribution in [1.82, 2.24) is 5.32 Å². The van der Waals surface area contributed by atoms with Crippen LogP contribution in [0.2, 0.25) is 0 Å². The smallest absolute Gasteiger partial charge is 0.0921 e. The highest BCUT2D eigenvalue weighted by Gasteiger charge is 2.30. The molecule has 0 aliphatic carbocycles. The van der Waals surface area contributed by atoms with Gasteiger partial charge in [-0.1, -0.05) is 0 Å². The van der Waals surface area contributed by atoms with Gasteiger partial charge in [-0.15, -0.1) is 0 Å². The lowest BCUT2D eigenvalue weighted by Gasteiger charge is -2.35. The third-order valence-corrected chi connectivity index (χ3v) is 2.50. The summed E-state index contributed by atoms with van der Waals surface area (Å²) in [5.74, 6) is 0. The number of methoxy groups -OCH3 is 1. The number of alkyl halides is 1. The lowest BCUT2D eigenvalue weighted by atomic mass is 9.89. The molecule has 0 amide bonds. The second kappa shape index (κ2) is 4.02. The second-order valence-corrected chi connectivity index (χ2v) is 3.08. The normalized spacial score (nSPS) is 23.5. The van der Waals surface area contributed by atoms with Crippen LogP contribution in [0, 0.1) is 0 Å². The molecule has 1 rings (SSSR count). The average molecular weight is 161 g/mol. The van der Waals surface area contributed by atoms with Crippen LogP contribution >= 0.6 is 0 Å². The molecule has 1 aliphatic rings. The number of hydrogen-bond donors (Lipinski definition) is 1. The van der Waals surface area contributed by atoms with Crippen molar-refractivity contribution in [2.45, 2.75) is 24.9 Å². The molecule has 0 saturated carbocycles. The van der Waals surface area contributed by atoms with E-state index < -0.39 is 0 Å². The Morgan fingerprint density at radius 3 is 2.55 bits per heavy atom. The van der Waals surface area contributed by atoms with Gasteiger partial charge in [-0.25, -0.2) is 0 Å². The summed E-state index contributed by atoms with van der Waals surface area (Å²) in [5, 5.41) is 3.23.